The summed E-state index contributed by atoms with van der Waals surface area (Å²) in [6.45, 7) is 7.87. The standard InChI is InChI=1S/C54H56F2N10O9S2/c1-28(2)44(51(69)66-24-35(67)18-41(66)48-61-53(71)54(4,62-48)33-12-10-30(11-13-33)47-29(3)60-27-76-47)42-20-43(63-75-42)74-15-9-7-8-14-57-50(68)36-19-40-37(16-31(36)26-77(6,72)73)38-25-64(5)52(70)46-45(38)32(21-58-46)23-65(40)49-39(56)17-34(55)22-59-49/h10-13,16-17,19-22,25,27-28,35,41,44,58,67H,7-9,14-15,18,23-24,26H2,1-6H3,(H,57,68)(H,61,62,71)/t35-,41-,44?,54+/m1/s1. The van der Waals surface area contributed by atoms with Gasteiger partial charge < -0.3 is 44.4 Å². The Morgan fingerprint density at radius 2 is 1.84 bits per heavy atom. The van der Waals surface area contributed by atoms with Crippen LogP contribution in [0.15, 0.2) is 86.9 Å². The van der Waals surface area contributed by atoms with Crippen LogP contribution in [-0.2, 0) is 44.3 Å². The highest BCUT2D eigenvalue weighted by Crippen LogP contribution is 2.45. The Kier molecular flexibility index (Phi) is 14.2. The number of sulfone groups is 1. The van der Waals surface area contributed by atoms with Gasteiger partial charge in [0.05, 0.1) is 59.0 Å². The molecule has 7 aromatic rings. The number of unbranched alkanes of at least 4 members (excludes halogenated alkanes) is 2. The van der Waals surface area contributed by atoms with Crippen LogP contribution in [-0.4, -0.2) is 105 Å². The lowest BCUT2D eigenvalue weighted by Gasteiger charge is -2.31. The third kappa shape index (κ3) is 10.3. The fraction of sp³-hybridized carbons (Fsp3) is 0.370. The van der Waals surface area contributed by atoms with Crippen molar-refractivity contribution in [3.8, 4) is 27.4 Å². The summed E-state index contributed by atoms with van der Waals surface area (Å²) in [5, 5.41) is 21.7. The topological polar surface area (TPSA) is 247 Å². The van der Waals surface area contributed by atoms with Crippen LogP contribution >= 0.6 is 11.3 Å². The molecule has 8 heterocycles. The quantitative estimate of drug-likeness (QED) is 0.0675. The van der Waals surface area contributed by atoms with Crippen LogP contribution in [0.2, 0.25) is 0 Å². The number of pyridine rings is 2. The number of carbonyl (C=O) groups is 3. The van der Waals surface area contributed by atoms with E-state index in [1.807, 2.05) is 45.0 Å². The van der Waals surface area contributed by atoms with Crippen molar-refractivity contribution in [2.75, 3.05) is 30.9 Å². The number of ether oxygens (including phenoxy) is 1. The van der Waals surface area contributed by atoms with E-state index in [0.29, 0.717) is 58.8 Å². The number of H-pyrrole nitrogens is 1. The summed E-state index contributed by atoms with van der Waals surface area (Å²) in [6, 6.07) is 12.3. The second kappa shape index (κ2) is 20.7. The first kappa shape index (κ1) is 52.8. The molecule has 0 spiro atoms. The number of anilines is 2. The van der Waals surface area contributed by atoms with E-state index in [2.05, 4.69) is 35.7 Å². The Morgan fingerprint density at radius 1 is 1.06 bits per heavy atom. The molecule has 1 saturated heterocycles. The Bertz CT molecular complexity index is 3680. The molecule has 5 aromatic heterocycles. The molecule has 1 fully saturated rings. The predicted molar refractivity (Wildman–Crippen MR) is 285 cm³/mol. The minimum atomic E-state index is -3.70. The number of aliphatic hydroxyl groups is 1. The lowest BCUT2D eigenvalue weighted by atomic mass is 9.90. The van der Waals surface area contributed by atoms with E-state index >= 15 is 4.39 Å². The van der Waals surface area contributed by atoms with Crippen molar-refractivity contribution in [1.82, 2.24) is 40.2 Å². The van der Waals surface area contributed by atoms with Gasteiger partial charge in [0.25, 0.3) is 23.3 Å². The van der Waals surface area contributed by atoms with Gasteiger partial charge in [-0.15, -0.1) is 11.3 Å². The molecule has 4 atom stereocenters. The molecule has 2 aromatic carbocycles. The van der Waals surface area contributed by atoms with Crippen molar-refractivity contribution in [2.24, 2.45) is 18.0 Å². The van der Waals surface area contributed by atoms with Crippen molar-refractivity contribution in [3.05, 3.63) is 128 Å². The van der Waals surface area contributed by atoms with E-state index in [9.17, 15) is 37.1 Å². The molecular formula is C54H56F2N10O9S2. The van der Waals surface area contributed by atoms with Crippen molar-refractivity contribution < 1.29 is 45.9 Å². The summed E-state index contributed by atoms with van der Waals surface area (Å²) in [4.78, 5) is 75.2. The summed E-state index contributed by atoms with van der Waals surface area (Å²) >= 11 is 1.54. The number of aryl methyl sites for hydroxylation is 2. The monoisotopic (exact) mass is 1090 g/mol. The van der Waals surface area contributed by atoms with E-state index in [1.54, 1.807) is 48.9 Å². The normalized spacial score (nSPS) is 18.6. The summed E-state index contributed by atoms with van der Waals surface area (Å²) < 4.78 is 68.4. The van der Waals surface area contributed by atoms with Crippen molar-refractivity contribution in [3.63, 3.8) is 0 Å². The zero-order valence-electron chi connectivity index (χ0n) is 43.0. The van der Waals surface area contributed by atoms with E-state index in [-0.39, 0.29) is 89.8 Å². The summed E-state index contributed by atoms with van der Waals surface area (Å²) in [5.41, 5.74) is 5.20. The van der Waals surface area contributed by atoms with Crippen molar-refractivity contribution in [2.45, 2.75) is 89.3 Å². The number of aromatic nitrogens is 5. The zero-order valence-corrected chi connectivity index (χ0v) is 44.7. The van der Waals surface area contributed by atoms with E-state index in [1.165, 1.54) is 26.9 Å². The largest absolute Gasteiger partial charge is 0.476 e. The van der Waals surface area contributed by atoms with E-state index < -0.39 is 62.6 Å². The SMILES string of the molecule is Cc1ncsc1-c1ccc([C@]2(C)NC([C@H]3C[C@@H](O)CN3C(=O)C(c3cc(OCCCCCNC(=O)c4cc5c(cc4CS(C)(=O)=O)-c4cn(C)c(=O)c6[nH]cc(c46)CN5c4ncc(F)cc4F)no3)C(C)C)=NC2=O)cc1. The highest BCUT2D eigenvalue weighted by atomic mass is 32.2. The van der Waals surface area contributed by atoms with Crippen LogP contribution in [0.3, 0.4) is 0 Å². The lowest BCUT2D eigenvalue weighted by Crippen LogP contribution is -2.51. The molecule has 0 bridgehead atoms. The first-order chi connectivity index (χ1) is 36.7. The van der Waals surface area contributed by atoms with Gasteiger partial charge in [0.1, 0.15) is 28.6 Å². The molecular weight excluding hydrogens is 1030 g/mol. The Balaban J connectivity index is 0.776. The molecule has 0 saturated carbocycles. The van der Waals surface area contributed by atoms with Gasteiger partial charge in [0, 0.05) is 79.4 Å². The number of thiazole rings is 1. The number of amides is 3. The number of likely N-dealkylation sites (tertiary alicyclic amines) is 1. The third-order valence-corrected chi connectivity index (χ3v) is 16.2. The Hall–Kier alpha value is -7.63. The Labute approximate surface area is 445 Å². The van der Waals surface area contributed by atoms with Crippen LogP contribution in [0.25, 0.3) is 32.5 Å². The number of amidine groups is 1. The van der Waals surface area contributed by atoms with Gasteiger partial charge in [0.2, 0.25) is 5.91 Å². The summed E-state index contributed by atoms with van der Waals surface area (Å²) in [7, 11) is -2.13. The van der Waals surface area contributed by atoms with Crippen LogP contribution in [0.1, 0.15) is 90.9 Å². The van der Waals surface area contributed by atoms with Gasteiger partial charge >= 0.3 is 0 Å². The van der Waals surface area contributed by atoms with Crippen LogP contribution in [0, 0.1) is 24.5 Å². The molecule has 10 rings (SSSR count). The summed E-state index contributed by atoms with van der Waals surface area (Å²) in [5.74, 6) is -4.24. The number of benzene rings is 2. The molecule has 0 aliphatic carbocycles. The highest BCUT2D eigenvalue weighted by molar-refractivity contribution is 7.89. The minimum absolute atomic E-state index is 0.0259. The van der Waals surface area contributed by atoms with Crippen LogP contribution in [0.4, 0.5) is 20.3 Å². The van der Waals surface area contributed by atoms with Gasteiger partial charge in [-0.1, -0.05) is 38.1 Å². The molecule has 4 N–H and O–H groups in total. The number of rotatable bonds is 17. The zero-order chi connectivity index (χ0) is 54.7. The number of carbonyl (C=O) groups excluding carboxylic acids is 3. The molecule has 3 amide bonds. The van der Waals surface area contributed by atoms with Crippen molar-refractivity contribution >= 4 is 67.1 Å². The molecule has 19 nitrogen and oxygen atoms in total. The molecule has 3 aliphatic heterocycles. The number of β-amino-alcohol motifs (C(OH)–C–C–N with tert-alkyl or cyclic N) is 1. The number of aromatic amines is 1. The maximum Gasteiger partial charge on any atom is 0.277 e. The molecule has 3 aliphatic rings. The lowest BCUT2D eigenvalue weighted by molar-refractivity contribution is -0.134. The van der Waals surface area contributed by atoms with Gasteiger partial charge in [0.15, 0.2) is 27.2 Å². The molecule has 402 valence electrons. The summed E-state index contributed by atoms with van der Waals surface area (Å²) in [6.07, 6.45) is 6.12. The molecule has 1 unspecified atom stereocenters. The second-order valence-electron chi connectivity index (χ2n) is 20.4. The van der Waals surface area contributed by atoms with Gasteiger partial charge in [-0.3, -0.25) is 19.2 Å². The average Bonchev–Trinajstić information content (AvgIpc) is 4.34. The molecule has 23 heteroatoms. The fourth-order valence-electron chi connectivity index (χ4n) is 10.5. The highest BCUT2D eigenvalue weighted by Gasteiger charge is 2.49. The number of halogens is 2. The number of nitrogens with zero attached hydrogens (tertiary/aromatic N) is 7. The van der Waals surface area contributed by atoms with E-state index in [0.717, 1.165) is 28.6 Å². The third-order valence-electron chi connectivity index (χ3n) is 14.4. The first-order valence-corrected chi connectivity index (χ1v) is 28.0. The fourth-order valence-corrected chi connectivity index (χ4v) is 12.2. The molecule has 77 heavy (non-hydrogen) atoms. The van der Waals surface area contributed by atoms with Gasteiger partial charge in [-0.05, 0) is 78.6 Å². The number of nitrogens with one attached hydrogen (secondary N) is 3. The van der Waals surface area contributed by atoms with Crippen LogP contribution < -0.4 is 25.8 Å². The second-order valence-corrected chi connectivity index (χ2v) is 23.4. The smallest absolute Gasteiger partial charge is 0.277 e. The number of aliphatic imine (C=N–C) groups is 1. The predicted octanol–water partition coefficient (Wildman–Crippen LogP) is 6.95. The maximum atomic E-state index is 15.6. The van der Waals surface area contributed by atoms with Gasteiger partial charge in [-0.2, -0.15) is 4.99 Å². The number of aliphatic hydroxyl groups excluding tert-OH is 1. The minimum Gasteiger partial charge on any atom is -0.476 e. The number of fused-ring (bicyclic) bond motifs is 2. The van der Waals surface area contributed by atoms with Gasteiger partial charge in [-0.25, -0.2) is 27.2 Å². The number of hydrogen-bond donors (Lipinski definition) is 4. The van der Waals surface area contributed by atoms with E-state index in [4.69, 9.17) is 9.26 Å². The Morgan fingerprint density at radius 3 is 2.56 bits per heavy atom. The number of hydrogen-bond acceptors (Lipinski definition) is 15. The maximum absolute atomic E-state index is 15.6. The molecule has 0 radical (unpaired) electrons. The first-order valence-electron chi connectivity index (χ1n) is 25.1. The van der Waals surface area contributed by atoms with Crippen LogP contribution in [0.5, 0.6) is 5.88 Å². The van der Waals surface area contributed by atoms with Crippen molar-refractivity contribution in [1.29, 1.82) is 0 Å². The average molecular weight is 1090 g/mol.